The summed E-state index contributed by atoms with van der Waals surface area (Å²) in [6.07, 6.45) is 5.81. The van der Waals surface area contributed by atoms with Crippen molar-refractivity contribution < 1.29 is 0 Å². The monoisotopic (exact) mass is 201 g/mol. The molecule has 2 aliphatic carbocycles. The van der Waals surface area contributed by atoms with Crippen molar-refractivity contribution in [3.8, 4) is 0 Å². The molecule has 0 aliphatic heterocycles. The third kappa shape index (κ3) is 1.75. The Labute approximate surface area is 91.9 Å². The van der Waals surface area contributed by atoms with Gasteiger partial charge >= 0.3 is 0 Å². The number of aryl methyl sites for hydroxylation is 1. The summed E-state index contributed by atoms with van der Waals surface area (Å²) in [6.45, 7) is 2.16. The van der Waals surface area contributed by atoms with Crippen LogP contribution in [0.25, 0.3) is 0 Å². The number of nitrogens with one attached hydrogen (secondary N) is 1. The summed E-state index contributed by atoms with van der Waals surface area (Å²) in [7, 11) is 0. The molecule has 15 heavy (non-hydrogen) atoms. The predicted molar refractivity (Wildman–Crippen MR) is 64.0 cm³/mol. The largest absolute Gasteiger partial charge is 0.382 e. The molecule has 0 heterocycles. The molecule has 2 fully saturated rings. The van der Waals surface area contributed by atoms with E-state index in [2.05, 4.69) is 36.5 Å². The van der Waals surface area contributed by atoms with E-state index in [1.807, 2.05) is 0 Å². The second-order valence-electron chi connectivity index (χ2n) is 5.30. The standard InChI is InChI=1S/C14H19N/c1-10-3-2-4-13(7-10)15-14-9-11-5-6-12(14)8-11/h2-4,7,11-12,14-15H,5-6,8-9H2,1H3. The third-order valence-electron chi connectivity index (χ3n) is 4.11. The maximum absolute atomic E-state index is 3.71. The van der Waals surface area contributed by atoms with E-state index in [-0.39, 0.29) is 0 Å². The molecule has 1 nitrogen and oxygen atoms in total. The van der Waals surface area contributed by atoms with Gasteiger partial charge in [-0.3, -0.25) is 0 Å². The van der Waals surface area contributed by atoms with Crippen molar-refractivity contribution in [3.05, 3.63) is 29.8 Å². The molecule has 1 N–H and O–H groups in total. The number of benzene rings is 1. The van der Waals surface area contributed by atoms with Crippen LogP contribution in [-0.2, 0) is 0 Å². The van der Waals surface area contributed by atoms with E-state index < -0.39 is 0 Å². The molecule has 0 spiro atoms. The Bertz CT molecular complexity index is 358. The third-order valence-corrected chi connectivity index (χ3v) is 4.11. The van der Waals surface area contributed by atoms with Gasteiger partial charge < -0.3 is 5.32 Å². The lowest BCUT2D eigenvalue weighted by atomic mass is 9.95. The number of rotatable bonds is 2. The van der Waals surface area contributed by atoms with Gasteiger partial charge in [-0.15, -0.1) is 0 Å². The van der Waals surface area contributed by atoms with Crippen LogP contribution in [0.4, 0.5) is 5.69 Å². The summed E-state index contributed by atoms with van der Waals surface area (Å²) >= 11 is 0. The normalized spacial score (nSPS) is 33.3. The Morgan fingerprint density at radius 2 is 2.13 bits per heavy atom. The summed E-state index contributed by atoms with van der Waals surface area (Å²) in [4.78, 5) is 0. The molecule has 1 aromatic rings. The molecule has 0 amide bonds. The lowest BCUT2D eigenvalue weighted by Gasteiger charge is -2.24. The number of fused-ring (bicyclic) bond motifs is 2. The summed E-state index contributed by atoms with van der Waals surface area (Å²) in [5, 5.41) is 3.71. The highest BCUT2D eigenvalue weighted by molar-refractivity contribution is 5.46. The average Bonchev–Trinajstić information content (AvgIpc) is 2.79. The van der Waals surface area contributed by atoms with E-state index >= 15 is 0 Å². The molecule has 3 rings (SSSR count). The zero-order valence-electron chi connectivity index (χ0n) is 9.37. The van der Waals surface area contributed by atoms with E-state index in [0.717, 1.165) is 17.9 Å². The van der Waals surface area contributed by atoms with E-state index in [1.54, 1.807) is 0 Å². The van der Waals surface area contributed by atoms with E-state index in [9.17, 15) is 0 Å². The van der Waals surface area contributed by atoms with Crippen molar-refractivity contribution in [1.82, 2.24) is 0 Å². The van der Waals surface area contributed by atoms with Gasteiger partial charge in [-0.1, -0.05) is 18.6 Å². The Balaban J connectivity index is 1.71. The maximum atomic E-state index is 3.71. The summed E-state index contributed by atoms with van der Waals surface area (Å²) in [5.41, 5.74) is 2.66. The van der Waals surface area contributed by atoms with Crippen LogP contribution in [-0.4, -0.2) is 6.04 Å². The average molecular weight is 201 g/mol. The van der Waals surface area contributed by atoms with Crippen molar-refractivity contribution in [2.24, 2.45) is 11.8 Å². The van der Waals surface area contributed by atoms with Gasteiger partial charge in [0.05, 0.1) is 0 Å². The Kier molecular flexibility index (Phi) is 2.19. The van der Waals surface area contributed by atoms with E-state index in [4.69, 9.17) is 0 Å². The second-order valence-corrected chi connectivity index (χ2v) is 5.30. The van der Waals surface area contributed by atoms with Gasteiger partial charge in [0, 0.05) is 11.7 Å². The zero-order chi connectivity index (χ0) is 10.3. The SMILES string of the molecule is Cc1cccc(NC2CC3CCC2C3)c1. The number of hydrogen-bond acceptors (Lipinski definition) is 1. The minimum absolute atomic E-state index is 0.755. The highest BCUT2D eigenvalue weighted by Gasteiger charge is 2.39. The molecule has 0 aromatic heterocycles. The fraction of sp³-hybridized carbons (Fsp3) is 0.571. The van der Waals surface area contributed by atoms with Gasteiger partial charge in [-0.05, 0) is 55.7 Å². The quantitative estimate of drug-likeness (QED) is 0.771. The van der Waals surface area contributed by atoms with Crippen LogP contribution < -0.4 is 5.32 Å². The number of hydrogen-bond donors (Lipinski definition) is 1. The highest BCUT2D eigenvalue weighted by atomic mass is 14.9. The van der Waals surface area contributed by atoms with Crippen molar-refractivity contribution in [1.29, 1.82) is 0 Å². The first-order chi connectivity index (χ1) is 7.31. The molecule has 0 saturated heterocycles. The van der Waals surface area contributed by atoms with Gasteiger partial charge in [0.1, 0.15) is 0 Å². The molecule has 0 radical (unpaired) electrons. The van der Waals surface area contributed by atoms with Crippen LogP contribution in [0.1, 0.15) is 31.2 Å². The van der Waals surface area contributed by atoms with Gasteiger partial charge in [0.25, 0.3) is 0 Å². The maximum Gasteiger partial charge on any atom is 0.0345 e. The van der Waals surface area contributed by atoms with Crippen molar-refractivity contribution >= 4 is 5.69 Å². The summed E-state index contributed by atoms with van der Waals surface area (Å²) < 4.78 is 0. The lowest BCUT2D eigenvalue weighted by molar-refractivity contribution is 0.440. The van der Waals surface area contributed by atoms with Crippen LogP contribution in [0.15, 0.2) is 24.3 Å². The molecule has 2 aliphatic rings. The molecule has 1 aromatic carbocycles. The van der Waals surface area contributed by atoms with E-state index in [1.165, 1.54) is 36.9 Å². The first kappa shape index (κ1) is 9.26. The van der Waals surface area contributed by atoms with Crippen LogP contribution in [0.5, 0.6) is 0 Å². The Morgan fingerprint density at radius 3 is 2.80 bits per heavy atom. The van der Waals surface area contributed by atoms with Gasteiger partial charge in [0.15, 0.2) is 0 Å². The molecule has 2 bridgehead atoms. The minimum Gasteiger partial charge on any atom is -0.382 e. The second kappa shape index (κ2) is 3.55. The van der Waals surface area contributed by atoms with Crippen molar-refractivity contribution in [2.75, 3.05) is 5.32 Å². The summed E-state index contributed by atoms with van der Waals surface area (Å²) in [5.74, 6) is 1.98. The zero-order valence-corrected chi connectivity index (χ0v) is 9.37. The Morgan fingerprint density at radius 1 is 1.20 bits per heavy atom. The topological polar surface area (TPSA) is 12.0 Å². The molecular weight excluding hydrogens is 182 g/mol. The fourth-order valence-electron chi connectivity index (χ4n) is 3.37. The number of anilines is 1. The van der Waals surface area contributed by atoms with Gasteiger partial charge in [-0.2, -0.15) is 0 Å². The molecule has 2 saturated carbocycles. The van der Waals surface area contributed by atoms with Crippen LogP contribution in [0.2, 0.25) is 0 Å². The van der Waals surface area contributed by atoms with E-state index in [0.29, 0.717) is 0 Å². The predicted octanol–water partition coefficient (Wildman–Crippen LogP) is 3.60. The molecular formula is C14H19N. The Hall–Kier alpha value is -0.980. The van der Waals surface area contributed by atoms with Crippen LogP contribution in [0.3, 0.4) is 0 Å². The van der Waals surface area contributed by atoms with Crippen LogP contribution >= 0.6 is 0 Å². The van der Waals surface area contributed by atoms with Crippen LogP contribution in [0, 0.1) is 18.8 Å². The lowest BCUT2D eigenvalue weighted by Crippen LogP contribution is -2.25. The molecule has 1 heteroatoms. The molecule has 3 unspecified atom stereocenters. The van der Waals surface area contributed by atoms with Crippen molar-refractivity contribution in [2.45, 2.75) is 38.6 Å². The minimum atomic E-state index is 0.755. The first-order valence-corrected chi connectivity index (χ1v) is 6.14. The first-order valence-electron chi connectivity index (χ1n) is 6.14. The fourth-order valence-corrected chi connectivity index (χ4v) is 3.37. The summed E-state index contributed by atoms with van der Waals surface area (Å²) in [6, 6.07) is 9.51. The van der Waals surface area contributed by atoms with Gasteiger partial charge in [-0.25, -0.2) is 0 Å². The molecule has 80 valence electrons. The smallest absolute Gasteiger partial charge is 0.0345 e. The highest BCUT2D eigenvalue weighted by Crippen LogP contribution is 2.45. The van der Waals surface area contributed by atoms with Gasteiger partial charge in [0.2, 0.25) is 0 Å². The van der Waals surface area contributed by atoms with Crippen molar-refractivity contribution in [3.63, 3.8) is 0 Å². The molecule has 3 atom stereocenters.